The molecule has 0 unspecified atom stereocenters. The van der Waals surface area contributed by atoms with Gasteiger partial charge in [-0.15, -0.1) is 0 Å². The van der Waals surface area contributed by atoms with E-state index in [1.165, 1.54) is 30.3 Å². The molecule has 3 aromatic carbocycles. The minimum atomic E-state index is -4.56. The van der Waals surface area contributed by atoms with Crippen LogP contribution in [0.4, 0.5) is 23.2 Å². The highest BCUT2D eigenvalue weighted by atomic mass is 19.4. The number of rotatable bonds is 7. The third kappa shape index (κ3) is 6.54. The number of aryl methyl sites for hydroxylation is 1. The Balaban J connectivity index is 1.51. The van der Waals surface area contributed by atoms with Gasteiger partial charge in [0.15, 0.2) is 0 Å². The fraction of sp³-hybridized carbons (Fsp3) is 0.133. The van der Waals surface area contributed by atoms with Gasteiger partial charge in [0.1, 0.15) is 29.8 Å². The van der Waals surface area contributed by atoms with Crippen molar-refractivity contribution in [2.24, 2.45) is 0 Å². The normalized spacial score (nSPS) is 11.7. The predicted octanol–water partition coefficient (Wildman–Crippen LogP) is 7.38. The van der Waals surface area contributed by atoms with E-state index in [9.17, 15) is 27.6 Å². The van der Waals surface area contributed by atoms with Gasteiger partial charge in [0.2, 0.25) is 0 Å². The van der Waals surface area contributed by atoms with Crippen molar-refractivity contribution in [3.8, 4) is 17.5 Å². The summed E-state index contributed by atoms with van der Waals surface area (Å²) in [5.41, 5.74) is 2.64. The summed E-state index contributed by atoms with van der Waals surface area (Å²) in [4.78, 5) is 12.7. The minimum absolute atomic E-state index is 0.0665. The Morgan fingerprint density at radius 2 is 1.72 bits per heavy atom. The van der Waals surface area contributed by atoms with Crippen LogP contribution in [0.3, 0.4) is 0 Å². The molecule has 0 aliphatic carbocycles. The van der Waals surface area contributed by atoms with Crippen molar-refractivity contribution < 1.29 is 27.1 Å². The van der Waals surface area contributed by atoms with Crippen LogP contribution >= 0.6 is 0 Å². The van der Waals surface area contributed by atoms with Crippen molar-refractivity contribution in [1.29, 1.82) is 5.26 Å². The Morgan fingerprint density at radius 3 is 2.36 bits per heavy atom. The predicted molar refractivity (Wildman–Crippen MR) is 140 cm³/mol. The number of nitriles is 1. The molecule has 198 valence electrons. The van der Waals surface area contributed by atoms with Gasteiger partial charge in [-0.1, -0.05) is 18.2 Å². The maximum absolute atomic E-state index is 13.1. The van der Waals surface area contributed by atoms with E-state index in [1.54, 1.807) is 24.3 Å². The van der Waals surface area contributed by atoms with Gasteiger partial charge in [0.05, 0.1) is 5.56 Å². The van der Waals surface area contributed by atoms with E-state index in [2.05, 4.69) is 5.32 Å². The molecule has 1 amide bonds. The second-order valence-corrected chi connectivity index (χ2v) is 8.77. The van der Waals surface area contributed by atoms with Crippen molar-refractivity contribution in [3.63, 3.8) is 0 Å². The number of carbonyl (C=O) groups is 1. The Bertz CT molecular complexity index is 1560. The smallest absolute Gasteiger partial charge is 0.416 e. The Labute approximate surface area is 222 Å². The number of ether oxygens (including phenoxy) is 1. The number of aromatic nitrogens is 1. The van der Waals surface area contributed by atoms with Crippen LogP contribution in [0.1, 0.15) is 28.1 Å². The van der Waals surface area contributed by atoms with E-state index < -0.39 is 17.6 Å². The second-order valence-electron chi connectivity index (χ2n) is 8.77. The molecule has 0 aliphatic rings. The molecule has 9 heteroatoms. The van der Waals surface area contributed by atoms with E-state index in [1.807, 2.05) is 42.7 Å². The zero-order chi connectivity index (χ0) is 28.2. The number of halogens is 4. The first kappa shape index (κ1) is 27.2. The fourth-order valence-electron chi connectivity index (χ4n) is 4.05. The Kier molecular flexibility index (Phi) is 7.86. The first-order chi connectivity index (χ1) is 18.5. The van der Waals surface area contributed by atoms with E-state index in [0.29, 0.717) is 11.3 Å². The van der Waals surface area contributed by atoms with E-state index in [4.69, 9.17) is 4.74 Å². The lowest BCUT2D eigenvalue weighted by molar-refractivity contribution is -0.137. The first-order valence-electron chi connectivity index (χ1n) is 11.8. The number of nitrogens with one attached hydrogen (secondary N) is 1. The quantitative estimate of drug-likeness (QED) is 0.153. The van der Waals surface area contributed by atoms with Crippen LogP contribution in [0.2, 0.25) is 0 Å². The number of nitrogens with zero attached hydrogens (tertiary/aromatic N) is 2. The zero-order valence-electron chi connectivity index (χ0n) is 21.0. The highest BCUT2D eigenvalue weighted by Crippen LogP contribution is 2.31. The highest BCUT2D eigenvalue weighted by molar-refractivity contribution is 6.09. The van der Waals surface area contributed by atoms with Crippen molar-refractivity contribution in [2.45, 2.75) is 26.6 Å². The molecule has 0 saturated carbocycles. The summed E-state index contributed by atoms with van der Waals surface area (Å²) in [7, 11) is 0. The summed E-state index contributed by atoms with van der Waals surface area (Å²) in [5, 5.41) is 11.9. The molecule has 0 atom stereocenters. The molecule has 0 radical (unpaired) electrons. The van der Waals surface area contributed by atoms with E-state index in [0.717, 1.165) is 34.8 Å². The largest absolute Gasteiger partial charge is 0.489 e. The standard InChI is InChI=1S/C30H23F4N3O2/c1-19-14-22(15-23(17-35)29(38)36-26-5-3-4-24(16-26)30(32,33)34)20(2)37(19)27-10-12-28(13-11-27)39-18-21-6-8-25(31)9-7-21/h3-16H,18H2,1-2H3,(H,36,38)/b23-15-. The number of amides is 1. The topological polar surface area (TPSA) is 67.0 Å². The lowest BCUT2D eigenvalue weighted by Gasteiger charge is -2.12. The maximum atomic E-state index is 13.1. The van der Waals surface area contributed by atoms with Crippen LogP contribution in [-0.4, -0.2) is 10.5 Å². The minimum Gasteiger partial charge on any atom is -0.489 e. The average Bonchev–Trinajstić information content (AvgIpc) is 3.19. The monoisotopic (exact) mass is 533 g/mol. The Morgan fingerprint density at radius 1 is 1.03 bits per heavy atom. The second kappa shape index (κ2) is 11.3. The number of benzene rings is 3. The van der Waals surface area contributed by atoms with E-state index in [-0.39, 0.29) is 23.7 Å². The van der Waals surface area contributed by atoms with Gasteiger partial charge in [-0.25, -0.2) is 4.39 Å². The third-order valence-electron chi connectivity index (χ3n) is 6.00. The third-order valence-corrected chi connectivity index (χ3v) is 6.00. The van der Waals surface area contributed by atoms with Gasteiger partial charge < -0.3 is 14.6 Å². The highest BCUT2D eigenvalue weighted by Gasteiger charge is 2.30. The Hall–Kier alpha value is -4.84. The molecule has 0 fully saturated rings. The molecular weight excluding hydrogens is 510 g/mol. The molecule has 0 bridgehead atoms. The first-order valence-corrected chi connectivity index (χ1v) is 11.8. The maximum Gasteiger partial charge on any atom is 0.416 e. The number of hydrogen-bond acceptors (Lipinski definition) is 3. The number of carbonyl (C=O) groups excluding carboxylic acids is 1. The summed E-state index contributed by atoms with van der Waals surface area (Å²) in [6.45, 7) is 3.99. The lowest BCUT2D eigenvalue weighted by Crippen LogP contribution is -2.14. The van der Waals surface area contributed by atoms with Gasteiger partial charge in [0, 0.05) is 22.8 Å². The van der Waals surface area contributed by atoms with Gasteiger partial charge in [-0.2, -0.15) is 18.4 Å². The van der Waals surface area contributed by atoms with Crippen molar-refractivity contribution in [3.05, 3.63) is 118 Å². The van der Waals surface area contributed by atoms with Crippen molar-refractivity contribution in [2.75, 3.05) is 5.32 Å². The van der Waals surface area contributed by atoms with Crippen LogP contribution < -0.4 is 10.1 Å². The lowest BCUT2D eigenvalue weighted by atomic mass is 10.1. The molecule has 1 aromatic heterocycles. The van der Waals surface area contributed by atoms with Gasteiger partial charge >= 0.3 is 6.18 Å². The van der Waals surface area contributed by atoms with E-state index >= 15 is 0 Å². The van der Waals surface area contributed by atoms with Crippen LogP contribution in [0.15, 0.2) is 84.4 Å². The molecule has 0 saturated heterocycles. The molecule has 4 aromatic rings. The fourth-order valence-corrected chi connectivity index (χ4v) is 4.05. The summed E-state index contributed by atoms with van der Waals surface area (Å²) < 4.78 is 59.7. The van der Waals surface area contributed by atoms with Crippen molar-refractivity contribution >= 4 is 17.7 Å². The summed E-state index contributed by atoms with van der Waals surface area (Å²) in [6.07, 6.45) is -3.15. The molecule has 1 heterocycles. The molecule has 0 aliphatic heterocycles. The molecule has 5 nitrogen and oxygen atoms in total. The number of hydrogen-bond donors (Lipinski definition) is 1. The van der Waals surface area contributed by atoms with Crippen LogP contribution in [0, 0.1) is 31.0 Å². The molecular formula is C30H23F4N3O2. The van der Waals surface area contributed by atoms with Gasteiger partial charge in [-0.3, -0.25) is 4.79 Å². The molecule has 4 rings (SSSR count). The molecule has 0 spiro atoms. The van der Waals surface area contributed by atoms with Gasteiger partial charge in [0.25, 0.3) is 5.91 Å². The summed E-state index contributed by atoms with van der Waals surface area (Å²) in [5.74, 6) is -0.499. The molecule has 39 heavy (non-hydrogen) atoms. The van der Waals surface area contributed by atoms with Crippen LogP contribution in [0.5, 0.6) is 5.75 Å². The van der Waals surface area contributed by atoms with Gasteiger partial charge in [-0.05, 0) is 91.7 Å². The SMILES string of the molecule is Cc1cc(/C=C(/C#N)C(=O)Nc2cccc(C(F)(F)F)c2)c(C)n1-c1ccc(OCc2ccc(F)cc2)cc1. The van der Waals surface area contributed by atoms with Crippen LogP contribution in [0.25, 0.3) is 11.8 Å². The van der Waals surface area contributed by atoms with Crippen molar-refractivity contribution in [1.82, 2.24) is 4.57 Å². The summed E-state index contributed by atoms with van der Waals surface area (Å²) in [6, 6.07) is 21.2. The number of alkyl halides is 3. The zero-order valence-corrected chi connectivity index (χ0v) is 21.0. The van der Waals surface area contributed by atoms with Crippen LogP contribution in [-0.2, 0) is 17.6 Å². The average molecular weight is 534 g/mol. The number of anilines is 1. The summed E-state index contributed by atoms with van der Waals surface area (Å²) >= 11 is 0. The molecule has 1 N–H and O–H groups in total.